The number of rotatable bonds is 6. The van der Waals surface area contributed by atoms with E-state index in [1.807, 2.05) is 0 Å². The predicted molar refractivity (Wildman–Crippen MR) is 74.3 cm³/mol. The van der Waals surface area contributed by atoms with E-state index in [1.54, 1.807) is 6.92 Å². The van der Waals surface area contributed by atoms with Crippen LogP contribution in [0.5, 0.6) is 0 Å². The summed E-state index contributed by atoms with van der Waals surface area (Å²) in [6, 6.07) is 1.07. The third-order valence-electron chi connectivity index (χ3n) is 3.24. The van der Waals surface area contributed by atoms with Gasteiger partial charge in [-0.15, -0.1) is 0 Å². The van der Waals surface area contributed by atoms with Crippen LogP contribution in [0.2, 0.25) is 0 Å². The van der Waals surface area contributed by atoms with Crippen molar-refractivity contribution in [1.29, 1.82) is 0 Å². The van der Waals surface area contributed by atoms with Gasteiger partial charge in [0.2, 0.25) is 0 Å². The molecule has 0 bridgehead atoms. The standard InChI is InChI=1S/C14H15F5O3S/c1-3-4-7-23(22)11-8(2)9(12(20)21)5-6-10(11)13(15,16)14(17,18)19/h5-6H,3-4,7H2,1-2H3,(H,20,21)/t23-/m1/s1. The van der Waals surface area contributed by atoms with Crippen LogP contribution in [0.25, 0.3) is 0 Å². The summed E-state index contributed by atoms with van der Waals surface area (Å²) < 4.78 is 77.6. The fourth-order valence-electron chi connectivity index (χ4n) is 1.99. The first-order valence-electron chi connectivity index (χ1n) is 6.65. The second-order valence-electron chi connectivity index (χ2n) is 4.90. The Labute approximate surface area is 132 Å². The van der Waals surface area contributed by atoms with E-state index in [9.17, 15) is 31.0 Å². The maximum atomic E-state index is 13.7. The zero-order chi connectivity index (χ0) is 18.0. The van der Waals surface area contributed by atoms with Gasteiger partial charge in [0.1, 0.15) is 0 Å². The number of unbranched alkanes of at least 4 members (excludes halogenated alkanes) is 1. The van der Waals surface area contributed by atoms with Crippen molar-refractivity contribution in [3.63, 3.8) is 0 Å². The molecule has 1 aromatic carbocycles. The van der Waals surface area contributed by atoms with Crippen molar-refractivity contribution >= 4 is 16.8 Å². The zero-order valence-electron chi connectivity index (χ0n) is 12.3. The van der Waals surface area contributed by atoms with Gasteiger partial charge in [-0.2, -0.15) is 22.0 Å². The number of carbonyl (C=O) groups is 1. The molecule has 130 valence electrons. The molecule has 1 aromatic rings. The molecule has 0 aliphatic carbocycles. The SMILES string of the molecule is CCCC[S@@](=O)c1c(C(F)(F)C(F)(F)F)ccc(C(=O)O)c1C. The molecule has 3 nitrogen and oxygen atoms in total. The Balaban J connectivity index is 3.62. The van der Waals surface area contributed by atoms with Crippen LogP contribution < -0.4 is 0 Å². The lowest BCUT2D eigenvalue weighted by Gasteiger charge is -2.24. The molecule has 0 spiro atoms. The first-order chi connectivity index (χ1) is 10.4. The summed E-state index contributed by atoms with van der Waals surface area (Å²) in [7, 11) is -2.16. The van der Waals surface area contributed by atoms with Crippen molar-refractivity contribution in [3.05, 3.63) is 28.8 Å². The number of aromatic carboxylic acids is 1. The van der Waals surface area contributed by atoms with E-state index >= 15 is 0 Å². The molecule has 0 heterocycles. The minimum atomic E-state index is -5.87. The van der Waals surface area contributed by atoms with Crippen LogP contribution in [0.3, 0.4) is 0 Å². The monoisotopic (exact) mass is 358 g/mol. The minimum Gasteiger partial charge on any atom is -0.478 e. The first-order valence-corrected chi connectivity index (χ1v) is 7.97. The van der Waals surface area contributed by atoms with Gasteiger partial charge in [-0.3, -0.25) is 4.21 Å². The highest BCUT2D eigenvalue weighted by atomic mass is 32.2. The van der Waals surface area contributed by atoms with E-state index in [4.69, 9.17) is 5.11 Å². The van der Waals surface area contributed by atoms with E-state index in [0.29, 0.717) is 25.0 Å². The average molecular weight is 358 g/mol. The van der Waals surface area contributed by atoms with Gasteiger partial charge in [-0.1, -0.05) is 19.4 Å². The lowest BCUT2D eigenvalue weighted by Crippen LogP contribution is -2.35. The molecule has 1 N–H and O–H groups in total. The predicted octanol–water partition coefficient (Wildman–Crippen LogP) is 4.26. The van der Waals surface area contributed by atoms with E-state index in [1.165, 1.54) is 0 Å². The quantitative estimate of drug-likeness (QED) is 0.774. The Hall–Kier alpha value is -1.51. The highest BCUT2D eigenvalue weighted by Gasteiger charge is 2.60. The zero-order valence-corrected chi connectivity index (χ0v) is 13.2. The van der Waals surface area contributed by atoms with Crippen LogP contribution >= 0.6 is 0 Å². The largest absolute Gasteiger partial charge is 0.478 e. The molecule has 0 aromatic heterocycles. The minimum absolute atomic E-state index is 0.124. The van der Waals surface area contributed by atoms with Crippen LogP contribution in [0.4, 0.5) is 22.0 Å². The maximum Gasteiger partial charge on any atom is 0.458 e. The number of hydrogen-bond acceptors (Lipinski definition) is 2. The highest BCUT2D eigenvalue weighted by Crippen LogP contribution is 2.46. The van der Waals surface area contributed by atoms with Gasteiger partial charge in [0.05, 0.1) is 21.3 Å². The molecule has 0 fully saturated rings. The number of hydrogen-bond donors (Lipinski definition) is 1. The number of alkyl halides is 5. The molecule has 0 radical (unpaired) electrons. The van der Waals surface area contributed by atoms with Crippen molar-refractivity contribution in [2.45, 2.75) is 43.7 Å². The molecule has 0 aliphatic rings. The Morgan fingerprint density at radius 1 is 1.22 bits per heavy atom. The van der Waals surface area contributed by atoms with Crippen molar-refractivity contribution in [1.82, 2.24) is 0 Å². The molecule has 0 aliphatic heterocycles. The van der Waals surface area contributed by atoms with Crippen molar-refractivity contribution in [2.75, 3.05) is 5.75 Å². The number of halogens is 5. The van der Waals surface area contributed by atoms with Gasteiger partial charge >= 0.3 is 18.1 Å². The molecular formula is C14H15F5O3S. The number of carboxylic acids is 1. The van der Waals surface area contributed by atoms with Crippen LogP contribution in [-0.4, -0.2) is 27.2 Å². The van der Waals surface area contributed by atoms with Gasteiger partial charge in [0.15, 0.2) is 0 Å². The van der Waals surface area contributed by atoms with Gasteiger partial charge in [-0.25, -0.2) is 4.79 Å². The Morgan fingerprint density at radius 2 is 1.78 bits per heavy atom. The Kier molecular flexibility index (Phi) is 5.89. The second kappa shape index (κ2) is 6.94. The fraction of sp³-hybridized carbons (Fsp3) is 0.500. The molecular weight excluding hydrogens is 343 g/mol. The van der Waals surface area contributed by atoms with Crippen molar-refractivity contribution in [2.24, 2.45) is 0 Å². The third-order valence-corrected chi connectivity index (χ3v) is 4.88. The molecule has 1 atom stereocenters. The van der Waals surface area contributed by atoms with Crippen LogP contribution in [0, 0.1) is 6.92 Å². The number of carboxylic acid groups (broad SMARTS) is 1. The fourth-order valence-corrected chi connectivity index (χ4v) is 3.64. The summed E-state index contributed by atoms with van der Waals surface area (Å²) in [5, 5.41) is 8.99. The summed E-state index contributed by atoms with van der Waals surface area (Å²) in [6.45, 7) is 2.82. The van der Waals surface area contributed by atoms with Crippen LogP contribution in [0.15, 0.2) is 17.0 Å². The summed E-state index contributed by atoms with van der Waals surface area (Å²) in [5.41, 5.74) is -2.25. The van der Waals surface area contributed by atoms with Crippen LogP contribution in [-0.2, 0) is 16.7 Å². The summed E-state index contributed by atoms with van der Waals surface area (Å²) >= 11 is 0. The normalized spacial score (nSPS) is 13.9. The average Bonchev–Trinajstić information content (AvgIpc) is 2.42. The van der Waals surface area contributed by atoms with E-state index in [2.05, 4.69) is 0 Å². The second-order valence-corrected chi connectivity index (χ2v) is 6.40. The van der Waals surface area contributed by atoms with E-state index in [-0.39, 0.29) is 11.3 Å². The molecule has 0 unspecified atom stereocenters. The number of benzene rings is 1. The van der Waals surface area contributed by atoms with Gasteiger partial charge in [0.25, 0.3) is 0 Å². The molecule has 9 heteroatoms. The molecule has 23 heavy (non-hydrogen) atoms. The summed E-state index contributed by atoms with van der Waals surface area (Å²) in [6.07, 6.45) is -4.96. The molecule has 0 amide bonds. The van der Waals surface area contributed by atoms with Crippen molar-refractivity contribution < 1.29 is 36.1 Å². The maximum absolute atomic E-state index is 13.7. The molecule has 1 rings (SSSR count). The molecule has 0 saturated heterocycles. The smallest absolute Gasteiger partial charge is 0.458 e. The summed E-state index contributed by atoms with van der Waals surface area (Å²) in [4.78, 5) is 10.3. The first kappa shape index (κ1) is 19.5. The van der Waals surface area contributed by atoms with Gasteiger partial charge < -0.3 is 5.11 Å². The summed E-state index contributed by atoms with van der Waals surface area (Å²) in [5.74, 6) is -6.83. The highest BCUT2D eigenvalue weighted by molar-refractivity contribution is 7.85. The van der Waals surface area contributed by atoms with Crippen molar-refractivity contribution in [3.8, 4) is 0 Å². The topological polar surface area (TPSA) is 54.4 Å². The Bertz CT molecular complexity index is 626. The van der Waals surface area contributed by atoms with E-state index in [0.717, 1.165) is 6.92 Å². The lowest BCUT2D eigenvalue weighted by molar-refractivity contribution is -0.290. The van der Waals surface area contributed by atoms with E-state index < -0.39 is 44.9 Å². The molecule has 0 saturated carbocycles. The Morgan fingerprint density at radius 3 is 2.22 bits per heavy atom. The van der Waals surface area contributed by atoms with Gasteiger partial charge in [-0.05, 0) is 25.0 Å². The van der Waals surface area contributed by atoms with Crippen LogP contribution in [0.1, 0.15) is 41.3 Å². The third kappa shape index (κ3) is 3.88. The van der Waals surface area contributed by atoms with Gasteiger partial charge in [0, 0.05) is 11.3 Å². The lowest BCUT2D eigenvalue weighted by atomic mass is 10.0.